The van der Waals surface area contributed by atoms with Crippen molar-refractivity contribution in [3.8, 4) is 5.75 Å². The maximum Gasteiger partial charge on any atom is 0.431 e. The van der Waals surface area contributed by atoms with Crippen LogP contribution in [0.2, 0.25) is 6.04 Å². The molecule has 2 aliphatic rings. The molecule has 0 radical (unpaired) electrons. The third kappa shape index (κ3) is 3.65. The van der Waals surface area contributed by atoms with Crippen molar-refractivity contribution in [1.82, 2.24) is 0 Å². The smallest absolute Gasteiger partial charge is 0.431 e. The van der Waals surface area contributed by atoms with Gasteiger partial charge in [-0.2, -0.15) is 0 Å². The first-order valence-corrected chi connectivity index (χ1v) is 13.0. The van der Waals surface area contributed by atoms with E-state index >= 15 is 0 Å². The molecular formula is C23H26O12Si. The maximum atomic E-state index is 13.7. The van der Waals surface area contributed by atoms with Gasteiger partial charge >= 0.3 is 20.0 Å². The van der Waals surface area contributed by atoms with Crippen LogP contribution >= 0.6 is 0 Å². The molecular weight excluding hydrogens is 496 g/mol. The number of Topliss-reactive ketones (excluding diaryl/α,β-unsaturated/α-hetero) is 1. The molecule has 0 amide bonds. The van der Waals surface area contributed by atoms with Gasteiger partial charge in [-0.05, 0) is 30.5 Å². The molecule has 3 unspecified atom stereocenters. The number of fused-ring (bicyclic) bond motifs is 2. The van der Waals surface area contributed by atoms with Gasteiger partial charge in [0.15, 0.2) is 11.2 Å². The van der Waals surface area contributed by atoms with Gasteiger partial charge < -0.3 is 28.4 Å². The summed E-state index contributed by atoms with van der Waals surface area (Å²) in [5.41, 5.74) is -5.80. The average Bonchev–Trinajstić information content (AvgIpc) is 3.23. The first kappa shape index (κ1) is 26.9. The highest BCUT2D eigenvalue weighted by Crippen LogP contribution is 2.57. The van der Waals surface area contributed by atoms with Crippen molar-refractivity contribution < 1.29 is 57.2 Å². The monoisotopic (exact) mass is 522 g/mol. The number of para-hydroxylation sites is 1. The lowest BCUT2D eigenvalue weighted by atomic mass is 9.69. The lowest BCUT2D eigenvalue weighted by molar-refractivity contribution is -0.175. The van der Waals surface area contributed by atoms with Crippen molar-refractivity contribution in [3.63, 3.8) is 0 Å². The number of hydrogen-bond acceptors (Lipinski definition) is 12. The minimum atomic E-state index is -4.71. The summed E-state index contributed by atoms with van der Waals surface area (Å²) in [6.07, 6.45) is -1.20. The van der Waals surface area contributed by atoms with Gasteiger partial charge in [0, 0.05) is 0 Å². The number of methoxy groups -OCH3 is 5. The summed E-state index contributed by atoms with van der Waals surface area (Å²) in [4.78, 5) is 79.4. The summed E-state index contributed by atoms with van der Waals surface area (Å²) >= 11 is 0. The van der Waals surface area contributed by atoms with Crippen LogP contribution in [0.3, 0.4) is 0 Å². The van der Waals surface area contributed by atoms with Crippen LogP contribution in [0.1, 0.15) is 16.8 Å². The summed E-state index contributed by atoms with van der Waals surface area (Å²) < 4.78 is 30.3. The van der Waals surface area contributed by atoms with Crippen molar-refractivity contribution in [2.75, 3.05) is 35.5 Å². The Balaban J connectivity index is 2.28. The molecule has 1 fully saturated rings. The molecule has 0 bridgehead atoms. The lowest BCUT2D eigenvalue weighted by Gasteiger charge is -2.37. The summed E-state index contributed by atoms with van der Waals surface area (Å²) in [6.45, 7) is 0. The molecule has 12 nitrogen and oxygen atoms in total. The minimum Gasteiger partial charge on any atom is -0.489 e. The second kappa shape index (κ2) is 10.1. The number of esters is 2. The zero-order valence-electron chi connectivity index (χ0n) is 20.4. The molecule has 1 aliphatic carbocycles. The van der Waals surface area contributed by atoms with Gasteiger partial charge in [0.05, 0.1) is 47.0 Å². The second-order valence-electron chi connectivity index (χ2n) is 8.36. The molecule has 0 N–H and O–H groups in total. The Bertz CT molecular complexity index is 1060. The zero-order chi connectivity index (χ0) is 26.8. The van der Waals surface area contributed by atoms with Crippen LogP contribution in [0.25, 0.3) is 0 Å². The fourth-order valence-electron chi connectivity index (χ4n) is 5.39. The van der Waals surface area contributed by atoms with E-state index < -0.39 is 72.0 Å². The first-order chi connectivity index (χ1) is 17.1. The number of benzene rings is 1. The Hall–Kier alpha value is -3.74. The maximum absolute atomic E-state index is 13.7. The molecule has 0 aromatic heterocycles. The van der Waals surface area contributed by atoms with Crippen LogP contribution in [0, 0.1) is 17.3 Å². The number of ketones is 1. The Morgan fingerprint density at radius 3 is 1.83 bits per heavy atom. The Kier molecular flexibility index (Phi) is 7.53. The van der Waals surface area contributed by atoms with Gasteiger partial charge in [-0.3, -0.25) is 28.8 Å². The molecule has 3 atom stereocenters. The van der Waals surface area contributed by atoms with E-state index in [1.54, 1.807) is 18.2 Å². The highest BCUT2D eigenvalue weighted by Gasteiger charge is 2.74. The van der Waals surface area contributed by atoms with E-state index in [0.717, 1.165) is 35.5 Å². The molecule has 1 aromatic carbocycles. The van der Waals surface area contributed by atoms with Gasteiger partial charge in [0.25, 0.3) is 16.8 Å². The molecule has 36 heavy (non-hydrogen) atoms. The number of hydrogen-bond donors (Lipinski definition) is 0. The topological polar surface area (TPSA) is 158 Å². The van der Waals surface area contributed by atoms with E-state index in [2.05, 4.69) is 0 Å². The van der Waals surface area contributed by atoms with Crippen LogP contribution in [0.4, 0.5) is 14.4 Å². The molecule has 194 valence electrons. The van der Waals surface area contributed by atoms with Crippen LogP contribution in [-0.4, -0.2) is 84.2 Å². The third-order valence-electron chi connectivity index (χ3n) is 6.94. The van der Waals surface area contributed by atoms with Crippen LogP contribution in [0.15, 0.2) is 24.3 Å². The summed E-state index contributed by atoms with van der Waals surface area (Å²) in [5.74, 6) is -5.32. The molecule has 13 heteroatoms. The summed E-state index contributed by atoms with van der Waals surface area (Å²) in [5, 5.41) is 0. The first-order valence-electron chi connectivity index (χ1n) is 10.8. The van der Waals surface area contributed by atoms with E-state index in [0.29, 0.717) is 0 Å². The fraction of sp³-hybridized carbons (Fsp3) is 0.478. The predicted octanol–water partition coefficient (Wildman–Crippen LogP) is 2.09. The lowest BCUT2D eigenvalue weighted by Crippen LogP contribution is -2.63. The molecule has 1 heterocycles. The largest absolute Gasteiger partial charge is 0.489 e. The third-order valence-corrected chi connectivity index (χ3v) is 10.7. The van der Waals surface area contributed by atoms with Crippen molar-refractivity contribution in [1.29, 1.82) is 0 Å². The van der Waals surface area contributed by atoms with Crippen LogP contribution < -0.4 is 4.74 Å². The van der Waals surface area contributed by atoms with Crippen molar-refractivity contribution in [2.45, 2.75) is 18.6 Å². The minimum absolute atomic E-state index is 0.133. The van der Waals surface area contributed by atoms with Crippen LogP contribution in [0.5, 0.6) is 5.75 Å². The summed E-state index contributed by atoms with van der Waals surface area (Å²) in [6, 6.07) is 5.62. The molecule has 0 saturated heterocycles. The molecule has 1 aromatic rings. The average molecular weight is 523 g/mol. The Morgan fingerprint density at radius 1 is 0.861 bits per heavy atom. The zero-order valence-corrected chi connectivity index (χ0v) is 21.4. The SMILES string of the molecule is COC(=O)C1(C(=O)OC)C(C[Si](C(=O)OC)(C(=O)OC)C(=O)OC)CC2Oc3ccccc3C(=O)C21. The van der Waals surface area contributed by atoms with Gasteiger partial charge in [0.1, 0.15) is 11.9 Å². The van der Waals surface area contributed by atoms with Crippen molar-refractivity contribution in [3.05, 3.63) is 29.8 Å². The van der Waals surface area contributed by atoms with Crippen LogP contribution in [-0.2, 0) is 33.3 Å². The number of carbonyl (C=O) groups is 6. The van der Waals surface area contributed by atoms with Gasteiger partial charge in [-0.1, -0.05) is 12.1 Å². The van der Waals surface area contributed by atoms with E-state index in [9.17, 15) is 28.8 Å². The Labute approximate surface area is 207 Å². The van der Waals surface area contributed by atoms with Crippen molar-refractivity contribution >= 4 is 42.6 Å². The van der Waals surface area contributed by atoms with Gasteiger partial charge in [0.2, 0.25) is 0 Å². The molecule has 1 aliphatic heterocycles. The van der Waals surface area contributed by atoms with E-state index in [1.807, 2.05) is 0 Å². The second-order valence-corrected chi connectivity index (χ2v) is 11.8. The van der Waals surface area contributed by atoms with E-state index in [4.69, 9.17) is 28.4 Å². The standard InChI is InChI=1S/C23H26O12Si/c1-30-18(25)23(19(26)31-2)12(11-36(20(27)32-3,21(28)33-4)22(29)34-5)10-15-16(23)17(24)13-8-6-7-9-14(13)35-15/h6-9,12,15-16H,10-11H2,1-5H3. The van der Waals surface area contributed by atoms with E-state index in [1.165, 1.54) is 6.07 Å². The molecule has 3 rings (SSSR count). The van der Waals surface area contributed by atoms with Crippen molar-refractivity contribution in [2.24, 2.45) is 17.3 Å². The number of rotatable bonds is 7. The number of carbonyl (C=O) groups excluding carboxylic acids is 6. The summed E-state index contributed by atoms with van der Waals surface area (Å²) in [7, 11) is 0.250. The molecule has 0 spiro atoms. The number of ether oxygens (including phenoxy) is 6. The fourth-order valence-corrected chi connectivity index (χ4v) is 8.66. The molecule has 1 saturated carbocycles. The Morgan fingerprint density at radius 2 is 1.36 bits per heavy atom. The normalized spacial score (nSPS) is 21.7. The predicted molar refractivity (Wildman–Crippen MR) is 121 cm³/mol. The highest BCUT2D eigenvalue weighted by atomic mass is 28.3. The van der Waals surface area contributed by atoms with Gasteiger partial charge in [-0.25, -0.2) is 0 Å². The van der Waals surface area contributed by atoms with E-state index in [-0.39, 0.29) is 17.7 Å². The van der Waals surface area contributed by atoms with Gasteiger partial charge in [-0.15, -0.1) is 0 Å². The quantitative estimate of drug-likeness (QED) is 0.222. The highest BCUT2D eigenvalue weighted by molar-refractivity contribution is 7.38.